The minimum absolute atomic E-state index is 0.00639. The molecule has 1 aromatic heterocycles. The van der Waals surface area contributed by atoms with Gasteiger partial charge in [-0.15, -0.1) is 0 Å². The molecule has 0 saturated heterocycles. The summed E-state index contributed by atoms with van der Waals surface area (Å²) in [5, 5.41) is 4.77. The summed E-state index contributed by atoms with van der Waals surface area (Å²) in [5.74, 6) is -4.51. The molecule has 2 aromatic carbocycles. The van der Waals surface area contributed by atoms with Crippen LogP contribution in [0.25, 0.3) is 16.6 Å². The van der Waals surface area contributed by atoms with Gasteiger partial charge in [-0.2, -0.15) is 13.2 Å². The SMILES string of the molecule is COC(=O)c1c(Cl)c2ccccc2n1-c1ccc(CNC(=O)C2(NC(=O)C(F)(F)F)CC2)c(F)c1. The van der Waals surface area contributed by atoms with Crippen molar-refractivity contribution < 1.29 is 36.7 Å². The summed E-state index contributed by atoms with van der Waals surface area (Å²) in [6.45, 7) is -0.328. The van der Waals surface area contributed by atoms with Crippen LogP contribution in [0.5, 0.6) is 0 Å². The number of methoxy groups -OCH3 is 1. The van der Waals surface area contributed by atoms with E-state index >= 15 is 0 Å². The third-order valence-electron chi connectivity index (χ3n) is 5.72. The zero-order valence-electron chi connectivity index (χ0n) is 18.1. The highest BCUT2D eigenvalue weighted by molar-refractivity contribution is 6.38. The van der Waals surface area contributed by atoms with Gasteiger partial charge in [0.2, 0.25) is 5.91 Å². The molecule has 0 aliphatic heterocycles. The molecule has 3 aromatic rings. The molecule has 0 radical (unpaired) electrons. The summed E-state index contributed by atoms with van der Waals surface area (Å²) in [7, 11) is 1.19. The Labute approximate surface area is 201 Å². The third-order valence-corrected chi connectivity index (χ3v) is 6.10. The van der Waals surface area contributed by atoms with E-state index in [0.29, 0.717) is 10.9 Å². The Hall–Kier alpha value is -3.60. The van der Waals surface area contributed by atoms with Crippen molar-refractivity contribution in [3.63, 3.8) is 0 Å². The number of carbonyl (C=O) groups is 3. The van der Waals surface area contributed by atoms with Crippen molar-refractivity contribution >= 4 is 40.3 Å². The number of alkyl halides is 3. The number of benzene rings is 2. The Morgan fingerprint density at radius 3 is 2.43 bits per heavy atom. The average molecular weight is 512 g/mol. The molecule has 4 rings (SSSR count). The Morgan fingerprint density at radius 2 is 1.83 bits per heavy atom. The number of carbonyl (C=O) groups excluding carboxylic acids is 3. The highest BCUT2D eigenvalue weighted by Gasteiger charge is 2.54. The van der Waals surface area contributed by atoms with E-state index in [1.54, 1.807) is 29.6 Å². The number of aromatic nitrogens is 1. The first-order chi connectivity index (χ1) is 16.5. The van der Waals surface area contributed by atoms with E-state index in [9.17, 15) is 31.9 Å². The van der Waals surface area contributed by atoms with Gasteiger partial charge in [-0.25, -0.2) is 9.18 Å². The van der Waals surface area contributed by atoms with Crippen molar-refractivity contribution in [2.45, 2.75) is 31.1 Å². The lowest BCUT2D eigenvalue weighted by atomic mass is 10.1. The molecule has 0 bridgehead atoms. The van der Waals surface area contributed by atoms with Crippen molar-refractivity contribution in [1.82, 2.24) is 15.2 Å². The Bertz CT molecular complexity index is 1350. The minimum Gasteiger partial charge on any atom is -0.464 e. The van der Waals surface area contributed by atoms with Gasteiger partial charge in [0.1, 0.15) is 11.4 Å². The monoisotopic (exact) mass is 511 g/mol. The van der Waals surface area contributed by atoms with Crippen LogP contribution in [-0.2, 0) is 20.9 Å². The molecular weight excluding hydrogens is 494 g/mol. The first-order valence-corrected chi connectivity index (χ1v) is 10.7. The maximum Gasteiger partial charge on any atom is 0.471 e. The lowest BCUT2D eigenvalue weighted by molar-refractivity contribution is -0.175. The number of nitrogens with zero attached hydrogens (tertiary/aromatic N) is 1. The largest absolute Gasteiger partial charge is 0.471 e. The average Bonchev–Trinajstić information content (AvgIpc) is 3.54. The number of esters is 1. The van der Waals surface area contributed by atoms with Crippen LogP contribution in [0.15, 0.2) is 42.5 Å². The zero-order valence-corrected chi connectivity index (χ0v) is 18.9. The fraction of sp³-hybridized carbons (Fsp3) is 0.261. The van der Waals surface area contributed by atoms with Crippen LogP contribution in [-0.4, -0.2) is 41.2 Å². The topological polar surface area (TPSA) is 89.4 Å². The molecule has 184 valence electrons. The Morgan fingerprint density at radius 1 is 1.14 bits per heavy atom. The second kappa shape index (κ2) is 8.88. The van der Waals surface area contributed by atoms with E-state index in [2.05, 4.69) is 5.32 Å². The van der Waals surface area contributed by atoms with Crippen LogP contribution in [0.4, 0.5) is 17.6 Å². The molecule has 12 heteroatoms. The summed E-state index contributed by atoms with van der Waals surface area (Å²) >= 11 is 6.39. The van der Waals surface area contributed by atoms with Crippen LogP contribution in [0.1, 0.15) is 28.9 Å². The van der Waals surface area contributed by atoms with E-state index in [4.69, 9.17) is 16.3 Å². The molecule has 0 spiro atoms. The van der Waals surface area contributed by atoms with Crippen molar-refractivity contribution in [1.29, 1.82) is 0 Å². The van der Waals surface area contributed by atoms with Gasteiger partial charge in [-0.05, 0) is 31.0 Å². The predicted molar refractivity (Wildman–Crippen MR) is 118 cm³/mol. The van der Waals surface area contributed by atoms with Gasteiger partial charge in [0.25, 0.3) is 0 Å². The molecular formula is C23H18ClF4N3O4. The molecule has 0 atom stereocenters. The summed E-state index contributed by atoms with van der Waals surface area (Å²) in [6, 6.07) is 10.9. The molecule has 1 saturated carbocycles. The zero-order chi connectivity index (χ0) is 25.5. The second-order valence-corrected chi connectivity index (χ2v) is 8.38. The maximum atomic E-state index is 15.0. The first-order valence-electron chi connectivity index (χ1n) is 10.3. The molecule has 0 unspecified atom stereocenters. The van der Waals surface area contributed by atoms with E-state index in [1.807, 2.05) is 0 Å². The number of para-hydroxylation sites is 1. The summed E-state index contributed by atoms with van der Waals surface area (Å²) < 4.78 is 58.8. The molecule has 1 heterocycles. The lowest BCUT2D eigenvalue weighted by Gasteiger charge is -2.18. The van der Waals surface area contributed by atoms with Crippen LogP contribution < -0.4 is 10.6 Å². The van der Waals surface area contributed by atoms with Crippen molar-refractivity contribution in [2.24, 2.45) is 0 Å². The Balaban J connectivity index is 1.57. The van der Waals surface area contributed by atoms with Gasteiger partial charge >= 0.3 is 18.1 Å². The third kappa shape index (κ3) is 4.55. The molecule has 2 N–H and O–H groups in total. The number of rotatable bonds is 6. The van der Waals surface area contributed by atoms with Crippen LogP contribution in [0.2, 0.25) is 5.02 Å². The molecule has 35 heavy (non-hydrogen) atoms. The molecule has 1 fully saturated rings. The number of hydrogen-bond donors (Lipinski definition) is 2. The summed E-state index contributed by atoms with van der Waals surface area (Å²) in [5.41, 5.74) is -0.806. The molecule has 7 nitrogen and oxygen atoms in total. The first kappa shape index (κ1) is 24.5. The van der Waals surface area contributed by atoms with Crippen molar-refractivity contribution in [3.05, 3.63) is 64.6 Å². The van der Waals surface area contributed by atoms with Crippen LogP contribution in [0.3, 0.4) is 0 Å². The molecule has 2 amide bonds. The quantitative estimate of drug-likeness (QED) is 0.386. The normalized spacial score (nSPS) is 14.5. The minimum atomic E-state index is -5.12. The summed E-state index contributed by atoms with van der Waals surface area (Å²) in [6.07, 6.45) is -5.04. The van der Waals surface area contributed by atoms with Crippen molar-refractivity contribution in [3.8, 4) is 5.69 Å². The number of amides is 2. The highest BCUT2D eigenvalue weighted by Crippen LogP contribution is 2.37. The van der Waals surface area contributed by atoms with E-state index < -0.39 is 35.3 Å². The van der Waals surface area contributed by atoms with Gasteiger partial charge in [0.05, 0.1) is 17.6 Å². The van der Waals surface area contributed by atoms with Crippen LogP contribution in [0, 0.1) is 5.82 Å². The van der Waals surface area contributed by atoms with Gasteiger partial charge in [-0.3, -0.25) is 9.59 Å². The van der Waals surface area contributed by atoms with E-state index in [1.165, 1.54) is 23.8 Å². The fourth-order valence-electron chi connectivity index (χ4n) is 3.73. The highest BCUT2D eigenvalue weighted by atomic mass is 35.5. The van der Waals surface area contributed by atoms with Gasteiger partial charge in [-0.1, -0.05) is 35.9 Å². The van der Waals surface area contributed by atoms with Crippen molar-refractivity contribution in [2.75, 3.05) is 7.11 Å². The fourth-order valence-corrected chi connectivity index (χ4v) is 4.05. The number of hydrogen-bond acceptors (Lipinski definition) is 4. The van der Waals surface area contributed by atoms with Crippen LogP contribution >= 0.6 is 11.6 Å². The lowest BCUT2D eigenvalue weighted by Crippen LogP contribution is -2.52. The number of nitrogens with one attached hydrogen (secondary N) is 2. The Kier molecular flexibility index (Phi) is 6.22. The second-order valence-electron chi connectivity index (χ2n) is 8.00. The van der Waals surface area contributed by atoms with E-state index in [-0.39, 0.29) is 41.4 Å². The predicted octanol–water partition coefficient (Wildman–Crippen LogP) is 4.04. The standard InChI is InChI=1S/C23H18ClF4N3O4/c1-35-19(32)18-17(24)14-4-2-3-5-16(14)31(18)13-7-6-12(15(25)10-13)11-29-20(33)22(8-9-22)30-21(34)23(26,27)28/h2-7,10H,8-9,11H2,1H3,(H,29,33)(H,30,34). The summed E-state index contributed by atoms with van der Waals surface area (Å²) in [4.78, 5) is 36.0. The van der Waals surface area contributed by atoms with E-state index in [0.717, 1.165) is 6.07 Å². The number of halogens is 5. The smallest absolute Gasteiger partial charge is 0.464 e. The van der Waals surface area contributed by atoms with Gasteiger partial charge in [0.15, 0.2) is 5.69 Å². The maximum absolute atomic E-state index is 15.0. The van der Waals surface area contributed by atoms with Gasteiger partial charge < -0.3 is 19.9 Å². The van der Waals surface area contributed by atoms with Gasteiger partial charge in [0, 0.05) is 23.2 Å². The number of ether oxygens (including phenoxy) is 1. The number of fused-ring (bicyclic) bond motifs is 1. The molecule has 1 aliphatic carbocycles. The molecule has 1 aliphatic rings.